The number of hydrogen-bond donors (Lipinski definition) is 2. The van der Waals surface area contributed by atoms with Gasteiger partial charge in [0.25, 0.3) is 5.91 Å². The third kappa shape index (κ3) is 5.00. The van der Waals surface area contributed by atoms with Crippen LogP contribution in [0.4, 0.5) is 8.78 Å². The second-order valence-electron chi connectivity index (χ2n) is 2.48. The van der Waals surface area contributed by atoms with Gasteiger partial charge in [-0.2, -0.15) is 20.5 Å². The molecule has 0 bridgehead atoms. The Labute approximate surface area is 84.1 Å². The summed E-state index contributed by atoms with van der Waals surface area (Å²) < 4.78 is 23.5. The van der Waals surface area contributed by atoms with E-state index in [0.717, 1.165) is 0 Å². The highest BCUT2D eigenvalue weighted by Gasteiger charge is 2.23. The first-order chi connectivity index (χ1) is 6.49. The molecule has 0 saturated carbocycles. The predicted octanol–water partition coefficient (Wildman–Crippen LogP) is 0.574. The van der Waals surface area contributed by atoms with Gasteiger partial charge in [0.05, 0.1) is 0 Å². The van der Waals surface area contributed by atoms with Crippen molar-refractivity contribution in [2.75, 3.05) is 12.0 Å². The maximum absolute atomic E-state index is 11.8. The highest BCUT2D eigenvalue weighted by molar-refractivity contribution is 7.98. The van der Waals surface area contributed by atoms with Gasteiger partial charge < -0.3 is 10.4 Å². The molecule has 4 nitrogen and oxygen atoms in total. The van der Waals surface area contributed by atoms with Crippen molar-refractivity contribution in [1.29, 1.82) is 0 Å². The number of rotatable bonds is 6. The quantitative estimate of drug-likeness (QED) is 0.696. The van der Waals surface area contributed by atoms with Gasteiger partial charge in [0.15, 0.2) is 0 Å². The molecule has 0 heterocycles. The van der Waals surface area contributed by atoms with Crippen molar-refractivity contribution in [3.8, 4) is 0 Å². The minimum atomic E-state index is -3.17. The second kappa shape index (κ2) is 6.58. The molecule has 0 rings (SSSR count). The van der Waals surface area contributed by atoms with Crippen molar-refractivity contribution in [2.24, 2.45) is 0 Å². The van der Waals surface area contributed by atoms with E-state index < -0.39 is 24.3 Å². The number of aliphatic carboxylic acids is 1. The predicted molar refractivity (Wildman–Crippen MR) is 48.6 cm³/mol. The molecule has 0 aliphatic rings. The largest absolute Gasteiger partial charge is 0.480 e. The van der Waals surface area contributed by atoms with E-state index in [0.29, 0.717) is 5.75 Å². The van der Waals surface area contributed by atoms with Gasteiger partial charge in [-0.15, -0.1) is 0 Å². The summed E-state index contributed by atoms with van der Waals surface area (Å²) in [4.78, 5) is 21.0. The molecule has 7 heteroatoms. The number of carboxylic acids is 1. The Hall–Kier alpha value is -0.850. The summed E-state index contributed by atoms with van der Waals surface area (Å²) in [5, 5.41) is 10.3. The molecule has 1 unspecified atom stereocenters. The first kappa shape index (κ1) is 13.2. The smallest absolute Gasteiger partial charge is 0.326 e. The molecule has 0 aliphatic heterocycles. The minimum absolute atomic E-state index is 0.134. The number of carbonyl (C=O) groups excluding carboxylic acids is 1. The van der Waals surface area contributed by atoms with Crippen molar-refractivity contribution in [1.82, 2.24) is 5.32 Å². The number of alkyl halides is 2. The third-order valence-corrected chi connectivity index (χ3v) is 2.07. The summed E-state index contributed by atoms with van der Waals surface area (Å²) in [5.74, 6) is -2.35. The maximum Gasteiger partial charge on any atom is 0.326 e. The number of hydrogen-bond acceptors (Lipinski definition) is 3. The van der Waals surface area contributed by atoms with Crippen LogP contribution in [0.2, 0.25) is 0 Å². The number of carboxylic acid groups (broad SMARTS) is 1. The molecule has 0 aliphatic carbocycles. The third-order valence-electron chi connectivity index (χ3n) is 1.42. The molecule has 0 spiro atoms. The van der Waals surface area contributed by atoms with E-state index in [4.69, 9.17) is 5.11 Å². The van der Waals surface area contributed by atoms with Gasteiger partial charge in [-0.05, 0) is 18.4 Å². The lowest BCUT2D eigenvalue weighted by molar-refractivity contribution is -0.144. The molecule has 1 atom stereocenters. The van der Waals surface area contributed by atoms with Crippen LogP contribution in [-0.4, -0.2) is 41.5 Å². The number of thioether (sulfide) groups is 1. The van der Waals surface area contributed by atoms with Crippen molar-refractivity contribution in [3.05, 3.63) is 0 Å². The molecular weight excluding hydrogens is 216 g/mol. The van der Waals surface area contributed by atoms with E-state index in [1.54, 1.807) is 11.6 Å². The first-order valence-corrected chi connectivity index (χ1v) is 5.18. The van der Waals surface area contributed by atoms with Gasteiger partial charge in [0.1, 0.15) is 6.04 Å². The van der Waals surface area contributed by atoms with Crippen LogP contribution in [0, 0.1) is 0 Å². The fourth-order valence-corrected chi connectivity index (χ4v) is 1.20. The summed E-state index contributed by atoms with van der Waals surface area (Å²) in [5.41, 5.74) is 0. The summed E-state index contributed by atoms with van der Waals surface area (Å²) in [6.45, 7) is 0. The SMILES string of the molecule is CSCCC(NC(=O)C(F)F)C(=O)O. The summed E-state index contributed by atoms with van der Waals surface area (Å²) in [7, 11) is 0. The van der Waals surface area contributed by atoms with E-state index in [2.05, 4.69) is 0 Å². The van der Waals surface area contributed by atoms with Gasteiger partial charge in [0.2, 0.25) is 0 Å². The Morgan fingerprint density at radius 2 is 2.07 bits per heavy atom. The molecule has 2 N–H and O–H groups in total. The molecule has 82 valence electrons. The maximum atomic E-state index is 11.8. The fraction of sp³-hybridized carbons (Fsp3) is 0.714. The number of nitrogens with one attached hydrogen (secondary N) is 1. The average molecular weight is 227 g/mol. The fourth-order valence-electron chi connectivity index (χ4n) is 0.728. The van der Waals surface area contributed by atoms with Crippen LogP contribution >= 0.6 is 11.8 Å². The Balaban J connectivity index is 4.09. The van der Waals surface area contributed by atoms with Crippen LogP contribution < -0.4 is 5.32 Å². The lowest BCUT2D eigenvalue weighted by Crippen LogP contribution is -2.43. The molecule has 14 heavy (non-hydrogen) atoms. The standard InChI is InChI=1S/C7H11F2NO3S/c1-14-3-2-4(7(12)13)10-6(11)5(8)9/h4-5H,2-3H2,1H3,(H,10,11)(H,12,13). The highest BCUT2D eigenvalue weighted by atomic mass is 32.2. The van der Waals surface area contributed by atoms with Gasteiger partial charge in [-0.25, -0.2) is 4.79 Å². The molecule has 0 fully saturated rings. The molecular formula is C7H11F2NO3S. The van der Waals surface area contributed by atoms with E-state index in [1.807, 2.05) is 0 Å². The molecule has 0 radical (unpaired) electrons. The summed E-state index contributed by atoms with van der Waals surface area (Å²) in [6.07, 6.45) is -1.28. The number of carbonyl (C=O) groups is 2. The Bertz CT molecular complexity index is 213. The summed E-state index contributed by atoms with van der Waals surface area (Å²) in [6, 6.07) is -1.23. The zero-order valence-electron chi connectivity index (χ0n) is 7.50. The van der Waals surface area contributed by atoms with Gasteiger partial charge in [-0.3, -0.25) is 4.79 Å². The van der Waals surface area contributed by atoms with Gasteiger partial charge in [0, 0.05) is 0 Å². The van der Waals surface area contributed by atoms with Crippen molar-refractivity contribution < 1.29 is 23.5 Å². The zero-order valence-corrected chi connectivity index (χ0v) is 8.31. The lowest BCUT2D eigenvalue weighted by Gasteiger charge is -2.13. The normalized spacial score (nSPS) is 12.6. The summed E-state index contributed by atoms with van der Waals surface area (Å²) >= 11 is 1.38. The van der Waals surface area contributed by atoms with Gasteiger partial charge in [-0.1, -0.05) is 0 Å². The Kier molecular flexibility index (Phi) is 6.18. The van der Waals surface area contributed by atoms with Crippen LogP contribution in [0.3, 0.4) is 0 Å². The van der Waals surface area contributed by atoms with Crippen LogP contribution in [0.25, 0.3) is 0 Å². The second-order valence-corrected chi connectivity index (χ2v) is 3.47. The molecule has 1 amide bonds. The number of amides is 1. The van der Waals surface area contributed by atoms with E-state index in [9.17, 15) is 18.4 Å². The van der Waals surface area contributed by atoms with Crippen molar-refractivity contribution in [3.63, 3.8) is 0 Å². The first-order valence-electron chi connectivity index (χ1n) is 3.79. The van der Waals surface area contributed by atoms with E-state index in [1.165, 1.54) is 11.8 Å². The molecule has 0 aromatic heterocycles. The molecule has 0 saturated heterocycles. The van der Waals surface area contributed by atoms with Crippen LogP contribution in [-0.2, 0) is 9.59 Å². The minimum Gasteiger partial charge on any atom is -0.480 e. The van der Waals surface area contributed by atoms with Gasteiger partial charge >= 0.3 is 12.4 Å². The number of halogens is 2. The average Bonchev–Trinajstić information content (AvgIpc) is 2.10. The van der Waals surface area contributed by atoms with Crippen LogP contribution in [0.5, 0.6) is 0 Å². The highest BCUT2D eigenvalue weighted by Crippen LogP contribution is 2.02. The van der Waals surface area contributed by atoms with Crippen molar-refractivity contribution >= 4 is 23.6 Å². The van der Waals surface area contributed by atoms with Crippen LogP contribution in [0.1, 0.15) is 6.42 Å². The Morgan fingerprint density at radius 3 is 2.43 bits per heavy atom. The molecule has 0 aromatic carbocycles. The van der Waals surface area contributed by atoms with Crippen molar-refractivity contribution in [2.45, 2.75) is 18.9 Å². The van der Waals surface area contributed by atoms with E-state index in [-0.39, 0.29) is 6.42 Å². The Morgan fingerprint density at radius 1 is 1.50 bits per heavy atom. The van der Waals surface area contributed by atoms with Crippen LogP contribution in [0.15, 0.2) is 0 Å². The zero-order chi connectivity index (χ0) is 11.1. The monoisotopic (exact) mass is 227 g/mol. The topological polar surface area (TPSA) is 66.4 Å². The lowest BCUT2D eigenvalue weighted by atomic mass is 10.2. The van der Waals surface area contributed by atoms with E-state index >= 15 is 0 Å². The molecule has 0 aromatic rings.